The minimum atomic E-state index is 0.618. The predicted octanol–water partition coefficient (Wildman–Crippen LogP) is 2.06. The standard InChI is InChI=1S/C16H27N3O/c1-14(2)13-20-12-11-18-7-9-19(10-8-18)16-6-4-3-5-15(16)17/h3-6,14H,7-13,17H2,1-2H3. The van der Waals surface area contributed by atoms with Crippen LogP contribution in [-0.4, -0.2) is 50.8 Å². The van der Waals surface area contributed by atoms with Crippen LogP contribution in [-0.2, 0) is 4.74 Å². The number of benzene rings is 1. The van der Waals surface area contributed by atoms with Gasteiger partial charge in [0.25, 0.3) is 0 Å². The summed E-state index contributed by atoms with van der Waals surface area (Å²) in [6.07, 6.45) is 0. The molecule has 1 fully saturated rings. The van der Waals surface area contributed by atoms with Crippen LogP contribution < -0.4 is 10.6 Å². The van der Waals surface area contributed by atoms with Gasteiger partial charge < -0.3 is 15.4 Å². The largest absolute Gasteiger partial charge is 0.397 e. The summed E-state index contributed by atoms with van der Waals surface area (Å²) >= 11 is 0. The number of ether oxygens (including phenoxy) is 1. The second-order valence-corrected chi connectivity index (χ2v) is 5.86. The SMILES string of the molecule is CC(C)COCCN1CCN(c2ccccc2N)CC1. The molecule has 1 aliphatic heterocycles. The van der Waals surface area contributed by atoms with Crippen LogP contribution in [0.25, 0.3) is 0 Å². The Balaban J connectivity index is 1.71. The molecule has 2 rings (SSSR count). The molecule has 2 N–H and O–H groups in total. The van der Waals surface area contributed by atoms with Crippen LogP contribution in [0.5, 0.6) is 0 Å². The highest BCUT2D eigenvalue weighted by molar-refractivity contribution is 5.67. The normalized spacial score (nSPS) is 16.9. The molecule has 0 aromatic heterocycles. The molecule has 1 aromatic rings. The van der Waals surface area contributed by atoms with Crippen LogP contribution in [0.1, 0.15) is 13.8 Å². The van der Waals surface area contributed by atoms with Crippen molar-refractivity contribution in [1.29, 1.82) is 0 Å². The van der Waals surface area contributed by atoms with E-state index in [0.29, 0.717) is 5.92 Å². The minimum Gasteiger partial charge on any atom is -0.397 e. The Morgan fingerprint density at radius 2 is 1.85 bits per heavy atom. The highest BCUT2D eigenvalue weighted by atomic mass is 16.5. The van der Waals surface area contributed by atoms with Gasteiger partial charge in [-0.05, 0) is 18.1 Å². The van der Waals surface area contributed by atoms with Gasteiger partial charge in [0.1, 0.15) is 0 Å². The van der Waals surface area contributed by atoms with Gasteiger partial charge in [0.2, 0.25) is 0 Å². The summed E-state index contributed by atoms with van der Waals surface area (Å²) in [7, 11) is 0. The van der Waals surface area contributed by atoms with Gasteiger partial charge in [-0.25, -0.2) is 0 Å². The first kappa shape index (κ1) is 15.1. The van der Waals surface area contributed by atoms with E-state index in [0.717, 1.165) is 51.6 Å². The number of nitrogens with two attached hydrogens (primary N) is 1. The van der Waals surface area contributed by atoms with E-state index in [4.69, 9.17) is 10.5 Å². The summed E-state index contributed by atoms with van der Waals surface area (Å²) in [5.74, 6) is 0.618. The molecule has 20 heavy (non-hydrogen) atoms. The molecule has 1 aromatic carbocycles. The Kier molecular flexibility index (Phi) is 5.68. The number of hydrogen-bond donors (Lipinski definition) is 1. The van der Waals surface area contributed by atoms with Crippen molar-refractivity contribution < 1.29 is 4.74 Å². The van der Waals surface area contributed by atoms with Crippen LogP contribution in [0, 0.1) is 5.92 Å². The zero-order chi connectivity index (χ0) is 14.4. The third kappa shape index (κ3) is 4.39. The van der Waals surface area contributed by atoms with E-state index < -0.39 is 0 Å². The van der Waals surface area contributed by atoms with Gasteiger partial charge in [-0.1, -0.05) is 26.0 Å². The molecule has 0 bridgehead atoms. The molecule has 0 aliphatic carbocycles. The molecule has 4 heteroatoms. The number of para-hydroxylation sites is 2. The molecule has 1 aliphatic rings. The molecule has 1 saturated heterocycles. The van der Waals surface area contributed by atoms with Crippen molar-refractivity contribution in [1.82, 2.24) is 4.90 Å². The van der Waals surface area contributed by atoms with Crippen molar-refractivity contribution in [2.24, 2.45) is 5.92 Å². The number of rotatable bonds is 6. The number of piperazine rings is 1. The van der Waals surface area contributed by atoms with E-state index in [2.05, 4.69) is 35.8 Å². The lowest BCUT2D eigenvalue weighted by atomic mass is 10.2. The number of nitrogens with zero attached hydrogens (tertiary/aromatic N) is 2. The zero-order valence-electron chi connectivity index (χ0n) is 12.7. The fraction of sp³-hybridized carbons (Fsp3) is 0.625. The van der Waals surface area contributed by atoms with Crippen molar-refractivity contribution in [3.05, 3.63) is 24.3 Å². The second-order valence-electron chi connectivity index (χ2n) is 5.86. The maximum Gasteiger partial charge on any atom is 0.0600 e. The van der Waals surface area contributed by atoms with E-state index in [1.165, 1.54) is 5.69 Å². The summed E-state index contributed by atoms with van der Waals surface area (Å²) in [6, 6.07) is 8.12. The van der Waals surface area contributed by atoms with Gasteiger partial charge in [0, 0.05) is 39.3 Å². The first-order chi connectivity index (χ1) is 9.66. The lowest BCUT2D eigenvalue weighted by molar-refractivity contribution is 0.0838. The topological polar surface area (TPSA) is 41.7 Å². The Labute approximate surface area is 122 Å². The van der Waals surface area contributed by atoms with E-state index >= 15 is 0 Å². The average Bonchev–Trinajstić information content (AvgIpc) is 2.45. The van der Waals surface area contributed by atoms with Gasteiger partial charge in [-0.2, -0.15) is 0 Å². The van der Waals surface area contributed by atoms with Gasteiger partial charge in [0.05, 0.1) is 18.0 Å². The Hall–Kier alpha value is -1.26. The molecule has 0 unspecified atom stereocenters. The summed E-state index contributed by atoms with van der Waals surface area (Å²) in [5, 5.41) is 0. The van der Waals surface area contributed by atoms with Crippen LogP contribution >= 0.6 is 0 Å². The quantitative estimate of drug-likeness (QED) is 0.638. The van der Waals surface area contributed by atoms with E-state index in [-0.39, 0.29) is 0 Å². The highest BCUT2D eigenvalue weighted by Crippen LogP contribution is 2.23. The smallest absolute Gasteiger partial charge is 0.0600 e. The van der Waals surface area contributed by atoms with E-state index in [1.54, 1.807) is 0 Å². The maximum absolute atomic E-state index is 6.04. The van der Waals surface area contributed by atoms with Gasteiger partial charge >= 0.3 is 0 Å². The molecule has 0 amide bonds. The monoisotopic (exact) mass is 277 g/mol. The Morgan fingerprint density at radius 1 is 1.15 bits per heavy atom. The third-order valence-electron chi connectivity index (χ3n) is 3.65. The fourth-order valence-corrected chi connectivity index (χ4v) is 2.50. The molecular formula is C16H27N3O. The van der Waals surface area contributed by atoms with Crippen molar-refractivity contribution in [3.63, 3.8) is 0 Å². The van der Waals surface area contributed by atoms with Crippen molar-refractivity contribution in [2.45, 2.75) is 13.8 Å². The van der Waals surface area contributed by atoms with Gasteiger partial charge in [0.15, 0.2) is 0 Å². The van der Waals surface area contributed by atoms with Crippen LogP contribution in [0.15, 0.2) is 24.3 Å². The van der Waals surface area contributed by atoms with E-state index in [1.807, 2.05) is 12.1 Å². The van der Waals surface area contributed by atoms with E-state index in [9.17, 15) is 0 Å². The molecule has 4 nitrogen and oxygen atoms in total. The molecule has 112 valence electrons. The average molecular weight is 277 g/mol. The minimum absolute atomic E-state index is 0.618. The molecule has 0 radical (unpaired) electrons. The zero-order valence-corrected chi connectivity index (χ0v) is 12.7. The molecule has 0 saturated carbocycles. The number of anilines is 2. The predicted molar refractivity (Wildman–Crippen MR) is 85.2 cm³/mol. The Bertz CT molecular complexity index is 400. The first-order valence-corrected chi connectivity index (χ1v) is 7.56. The first-order valence-electron chi connectivity index (χ1n) is 7.56. The van der Waals surface area contributed by atoms with Crippen molar-refractivity contribution in [3.8, 4) is 0 Å². The summed E-state index contributed by atoms with van der Waals surface area (Å²) in [6.45, 7) is 11.3. The summed E-state index contributed by atoms with van der Waals surface area (Å²) in [4.78, 5) is 4.84. The van der Waals surface area contributed by atoms with Crippen LogP contribution in [0.3, 0.4) is 0 Å². The summed E-state index contributed by atoms with van der Waals surface area (Å²) in [5.41, 5.74) is 8.08. The molecular weight excluding hydrogens is 250 g/mol. The lowest BCUT2D eigenvalue weighted by Gasteiger charge is -2.36. The van der Waals surface area contributed by atoms with Gasteiger partial charge in [-0.3, -0.25) is 4.90 Å². The highest BCUT2D eigenvalue weighted by Gasteiger charge is 2.18. The number of nitrogen functional groups attached to an aromatic ring is 1. The van der Waals surface area contributed by atoms with Gasteiger partial charge in [-0.15, -0.1) is 0 Å². The van der Waals surface area contributed by atoms with Crippen molar-refractivity contribution in [2.75, 3.05) is 56.6 Å². The Morgan fingerprint density at radius 3 is 2.50 bits per heavy atom. The molecule has 0 spiro atoms. The van der Waals surface area contributed by atoms with Crippen LogP contribution in [0.2, 0.25) is 0 Å². The third-order valence-corrected chi connectivity index (χ3v) is 3.65. The fourth-order valence-electron chi connectivity index (χ4n) is 2.50. The molecule has 0 atom stereocenters. The lowest BCUT2D eigenvalue weighted by Crippen LogP contribution is -2.47. The maximum atomic E-state index is 6.04. The molecule has 1 heterocycles. The number of hydrogen-bond acceptors (Lipinski definition) is 4. The summed E-state index contributed by atoms with van der Waals surface area (Å²) < 4.78 is 5.65. The second kappa shape index (κ2) is 7.50. The van der Waals surface area contributed by atoms with Crippen LogP contribution in [0.4, 0.5) is 11.4 Å². The van der Waals surface area contributed by atoms with Crippen molar-refractivity contribution >= 4 is 11.4 Å².